The van der Waals surface area contributed by atoms with Crippen molar-refractivity contribution >= 4 is 62.2 Å². The number of carbonyl (C=O) groups excluding carboxylic acids is 2. The van der Waals surface area contributed by atoms with Crippen LogP contribution < -0.4 is 0 Å². The summed E-state index contributed by atoms with van der Waals surface area (Å²) in [5, 5.41) is 11.0. The molecule has 1 saturated heterocycles. The third-order valence-electron chi connectivity index (χ3n) is 5.30. The number of halogens is 2. The van der Waals surface area contributed by atoms with E-state index >= 15 is 0 Å². The SMILES string of the molecule is Cc1cc(/C=C2\SC(=O)N(Cc3ccccc3Br)C2=O)c(C)n1-c1ccc(Cl)c([N+](=O)[O-])c1. The van der Waals surface area contributed by atoms with Gasteiger partial charge in [-0.05, 0) is 67.1 Å². The fraction of sp³-hybridized carbons (Fsp3) is 0.130. The number of hydrogen-bond donors (Lipinski definition) is 0. The minimum atomic E-state index is -0.526. The van der Waals surface area contributed by atoms with Gasteiger partial charge in [-0.15, -0.1) is 0 Å². The van der Waals surface area contributed by atoms with E-state index in [2.05, 4.69) is 15.9 Å². The van der Waals surface area contributed by atoms with Gasteiger partial charge in [0.1, 0.15) is 5.02 Å². The predicted molar refractivity (Wildman–Crippen MR) is 133 cm³/mol. The van der Waals surface area contributed by atoms with E-state index in [9.17, 15) is 19.7 Å². The first-order valence-electron chi connectivity index (χ1n) is 9.79. The van der Waals surface area contributed by atoms with Gasteiger partial charge in [-0.1, -0.05) is 45.7 Å². The second-order valence-electron chi connectivity index (χ2n) is 7.41. The zero-order chi connectivity index (χ0) is 23.9. The molecule has 7 nitrogen and oxygen atoms in total. The molecule has 4 rings (SSSR count). The highest BCUT2D eigenvalue weighted by Gasteiger charge is 2.35. The van der Waals surface area contributed by atoms with Gasteiger partial charge in [-0.2, -0.15) is 0 Å². The molecule has 1 aromatic heterocycles. The maximum Gasteiger partial charge on any atom is 0.293 e. The molecule has 2 heterocycles. The van der Waals surface area contributed by atoms with Gasteiger partial charge in [-0.25, -0.2) is 0 Å². The maximum absolute atomic E-state index is 13.0. The third-order valence-corrected chi connectivity index (χ3v) is 7.30. The number of aryl methyl sites for hydroxylation is 1. The Labute approximate surface area is 207 Å². The van der Waals surface area contributed by atoms with Gasteiger partial charge >= 0.3 is 0 Å². The molecule has 168 valence electrons. The van der Waals surface area contributed by atoms with E-state index in [1.807, 2.05) is 48.7 Å². The lowest BCUT2D eigenvalue weighted by molar-refractivity contribution is -0.384. The van der Waals surface area contributed by atoms with Crippen molar-refractivity contribution in [3.05, 3.63) is 95.6 Å². The van der Waals surface area contributed by atoms with Crippen molar-refractivity contribution in [2.24, 2.45) is 0 Å². The first-order chi connectivity index (χ1) is 15.7. The highest BCUT2D eigenvalue weighted by molar-refractivity contribution is 9.10. The molecule has 1 aliphatic heterocycles. The Kier molecular flexibility index (Phi) is 6.47. The number of nitro groups is 1. The molecule has 0 saturated carbocycles. The van der Waals surface area contributed by atoms with E-state index in [4.69, 9.17) is 11.6 Å². The standard InChI is InChI=1S/C23H17BrClN3O4S/c1-13-9-16(14(2)27(13)17-7-8-19(25)20(11-17)28(31)32)10-21-22(29)26(23(30)33-21)12-15-5-3-4-6-18(15)24/h3-11H,12H2,1-2H3/b21-10-. The molecular formula is C23H17BrClN3O4S. The van der Waals surface area contributed by atoms with Crippen molar-refractivity contribution in [2.75, 3.05) is 0 Å². The number of nitrogens with zero attached hydrogens (tertiary/aromatic N) is 3. The number of nitro benzene ring substituents is 1. The lowest BCUT2D eigenvalue weighted by atomic mass is 10.2. The fourth-order valence-corrected chi connectivity index (χ4v) is 5.11. The zero-order valence-electron chi connectivity index (χ0n) is 17.5. The molecule has 0 unspecified atom stereocenters. The summed E-state index contributed by atoms with van der Waals surface area (Å²) in [6.07, 6.45) is 1.69. The summed E-state index contributed by atoms with van der Waals surface area (Å²) >= 11 is 10.3. The predicted octanol–water partition coefficient (Wildman–Crippen LogP) is 6.65. The summed E-state index contributed by atoms with van der Waals surface area (Å²) in [6.45, 7) is 3.89. The number of carbonyl (C=O) groups is 2. The van der Waals surface area contributed by atoms with Gasteiger partial charge in [0.25, 0.3) is 16.8 Å². The van der Waals surface area contributed by atoms with Gasteiger partial charge < -0.3 is 4.57 Å². The summed E-state index contributed by atoms with van der Waals surface area (Å²) < 4.78 is 2.68. The van der Waals surface area contributed by atoms with Crippen molar-refractivity contribution < 1.29 is 14.5 Å². The molecule has 0 aliphatic carbocycles. The van der Waals surface area contributed by atoms with Crippen LogP contribution in [0.4, 0.5) is 10.5 Å². The van der Waals surface area contributed by atoms with Crippen LogP contribution in [0.15, 0.2) is 57.9 Å². The lowest BCUT2D eigenvalue weighted by Crippen LogP contribution is -2.27. The number of rotatable bonds is 5. The molecule has 10 heteroatoms. The normalized spacial score (nSPS) is 15.0. The van der Waals surface area contributed by atoms with E-state index in [0.29, 0.717) is 10.6 Å². The van der Waals surface area contributed by atoms with Gasteiger partial charge in [0.2, 0.25) is 0 Å². The third kappa shape index (κ3) is 4.48. The lowest BCUT2D eigenvalue weighted by Gasteiger charge is -2.13. The van der Waals surface area contributed by atoms with E-state index in [1.165, 1.54) is 17.0 Å². The Morgan fingerprint density at radius 1 is 1.15 bits per heavy atom. The van der Waals surface area contributed by atoms with Crippen LogP contribution in [0.3, 0.4) is 0 Å². The number of imide groups is 1. The highest BCUT2D eigenvalue weighted by atomic mass is 79.9. The summed E-state index contributed by atoms with van der Waals surface area (Å²) in [4.78, 5) is 37.8. The average Bonchev–Trinajstić information content (AvgIpc) is 3.19. The Bertz CT molecular complexity index is 1350. The van der Waals surface area contributed by atoms with E-state index in [-0.39, 0.29) is 28.4 Å². The summed E-state index contributed by atoms with van der Waals surface area (Å²) in [5.41, 5.74) is 3.59. The van der Waals surface area contributed by atoms with Gasteiger partial charge in [-0.3, -0.25) is 24.6 Å². The number of aromatic nitrogens is 1. The van der Waals surface area contributed by atoms with Crippen LogP contribution in [-0.2, 0) is 11.3 Å². The smallest absolute Gasteiger partial charge is 0.293 e. The van der Waals surface area contributed by atoms with Crippen LogP contribution in [0.25, 0.3) is 11.8 Å². The van der Waals surface area contributed by atoms with Crippen molar-refractivity contribution in [1.29, 1.82) is 0 Å². The quantitative estimate of drug-likeness (QED) is 0.203. The fourth-order valence-electron chi connectivity index (χ4n) is 3.69. The Balaban J connectivity index is 1.66. The van der Waals surface area contributed by atoms with E-state index < -0.39 is 4.92 Å². The van der Waals surface area contributed by atoms with Crippen LogP contribution in [0.5, 0.6) is 0 Å². The summed E-state index contributed by atoms with van der Waals surface area (Å²) in [5.74, 6) is -0.354. The summed E-state index contributed by atoms with van der Waals surface area (Å²) in [6, 6.07) is 13.9. The number of benzene rings is 2. The van der Waals surface area contributed by atoms with E-state index in [0.717, 1.165) is 38.7 Å². The van der Waals surface area contributed by atoms with Gasteiger partial charge in [0.05, 0.1) is 22.1 Å². The topological polar surface area (TPSA) is 85.5 Å². The highest BCUT2D eigenvalue weighted by Crippen LogP contribution is 2.36. The summed E-state index contributed by atoms with van der Waals surface area (Å²) in [7, 11) is 0. The Morgan fingerprint density at radius 3 is 2.58 bits per heavy atom. The Hall–Kier alpha value is -2.88. The molecular weight excluding hydrogens is 530 g/mol. The van der Waals surface area contributed by atoms with E-state index in [1.54, 1.807) is 12.1 Å². The second-order valence-corrected chi connectivity index (χ2v) is 9.67. The minimum Gasteiger partial charge on any atom is -0.318 e. The Morgan fingerprint density at radius 2 is 1.88 bits per heavy atom. The molecule has 2 amide bonds. The molecule has 0 atom stereocenters. The average molecular weight is 547 g/mol. The number of thioether (sulfide) groups is 1. The number of amides is 2. The molecule has 0 radical (unpaired) electrons. The largest absolute Gasteiger partial charge is 0.318 e. The van der Waals surface area contributed by atoms with Crippen molar-refractivity contribution in [2.45, 2.75) is 20.4 Å². The van der Waals surface area contributed by atoms with Crippen LogP contribution in [-0.4, -0.2) is 25.5 Å². The van der Waals surface area contributed by atoms with Gasteiger partial charge in [0.15, 0.2) is 0 Å². The molecule has 1 fully saturated rings. The van der Waals surface area contributed by atoms with Crippen molar-refractivity contribution in [1.82, 2.24) is 9.47 Å². The van der Waals surface area contributed by atoms with Crippen LogP contribution in [0.2, 0.25) is 5.02 Å². The van der Waals surface area contributed by atoms with Crippen molar-refractivity contribution in [3.63, 3.8) is 0 Å². The molecule has 0 bridgehead atoms. The first-order valence-corrected chi connectivity index (χ1v) is 11.8. The van der Waals surface area contributed by atoms with Gasteiger partial charge in [0, 0.05) is 21.9 Å². The first kappa shape index (κ1) is 23.3. The maximum atomic E-state index is 13.0. The molecule has 0 N–H and O–H groups in total. The minimum absolute atomic E-state index is 0.0603. The molecule has 1 aliphatic rings. The zero-order valence-corrected chi connectivity index (χ0v) is 20.7. The van der Waals surface area contributed by atoms with Crippen LogP contribution >= 0.6 is 39.3 Å². The molecule has 2 aromatic carbocycles. The van der Waals surface area contributed by atoms with Crippen molar-refractivity contribution in [3.8, 4) is 5.69 Å². The molecule has 33 heavy (non-hydrogen) atoms. The van der Waals surface area contributed by atoms with Crippen LogP contribution in [0.1, 0.15) is 22.5 Å². The molecule has 0 spiro atoms. The number of hydrogen-bond acceptors (Lipinski definition) is 5. The van der Waals surface area contributed by atoms with Crippen LogP contribution in [0, 0.1) is 24.0 Å². The second kappa shape index (κ2) is 9.17. The monoisotopic (exact) mass is 545 g/mol. The molecule has 3 aromatic rings.